The van der Waals surface area contributed by atoms with Crippen molar-refractivity contribution >= 4 is 5.69 Å². The van der Waals surface area contributed by atoms with Crippen LogP contribution in [-0.4, -0.2) is 37.1 Å². The molecule has 2 aliphatic heterocycles. The molecule has 1 fully saturated rings. The van der Waals surface area contributed by atoms with Crippen molar-refractivity contribution in [2.75, 3.05) is 31.1 Å². The zero-order chi connectivity index (χ0) is 16.4. The molecule has 2 aromatic rings. The lowest BCUT2D eigenvalue weighted by Gasteiger charge is -2.38. The molecule has 0 saturated carbocycles. The molecule has 2 nitrogen and oxygen atoms in total. The SMILES string of the molecule is FC(CN1CCC(N2CCc3ccccc32)CC1)c1ccccc1. The molecule has 0 aliphatic carbocycles. The van der Waals surface area contributed by atoms with E-state index in [1.54, 1.807) is 0 Å². The first kappa shape index (κ1) is 15.6. The molecule has 126 valence electrons. The first-order valence-corrected chi connectivity index (χ1v) is 9.07. The Hall–Kier alpha value is -1.87. The second-order valence-electron chi connectivity index (χ2n) is 6.98. The molecular formula is C21H25FN2. The van der Waals surface area contributed by atoms with E-state index in [9.17, 15) is 4.39 Å². The third-order valence-electron chi connectivity index (χ3n) is 5.50. The smallest absolute Gasteiger partial charge is 0.138 e. The minimum atomic E-state index is -0.879. The lowest BCUT2D eigenvalue weighted by atomic mass is 10.0. The number of fused-ring (bicyclic) bond motifs is 1. The Kier molecular flexibility index (Phi) is 4.52. The van der Waals surface area contributed by atoms with E-state index in [2.05, 4.69) is 34.1 Å². The van der Waals surface area contributed by atoms with Crippen LogP contribution in [0.3, 0.4) is 0 Å². The third kappa shape index (κ3) is 3.18. The number of nitrogens with zero attached hydrogens (tertiary/aromatic N) is 2. The van der Waals surface area contributed by atoms with Crippen LogP contribution in [0, 0.1) is 0 Å². The van der Waals surface area contributed by atoms with Gasteiger partial charge in [-0.2, -0.15) is 0 Å². The van der Waals surface area contributed by atoms with Crippen molar-refractivity contribution in [3.8, 4) is 0 Å². The molecule has 4 rings (SSSR count). The number of halogens is 1. The standard InChI is InChI=1S/C21H25FN2/c22-20(17-6-2-1-3-7-17)16-23-13-11-19(12-14-23)24-15-10-18-8-4-5-9-21(18)24/h1-9,19-20H,10-16H2. The van der Waals surface area contributed by atoms with Gasteiger partial charge in [-0.1, -0.05) is 48.5 Å². The molecular weight excluding hydrogens is 299 g/mol. The Bertz CT molecular complexity index is 665. The van der Waals surface area contributed by atoms with Crippen LogP contribution in [0.5, 0.6) is 0 Å². The summed E-state index contributed by atoms with van der Waals surface area (Å²) in [6.07, 6.45) is 2.55. The molecule has 0 bridgehead atoms. The van der Waals surface area contributed by atoms with Crippen LogP contribution in [-0.2, 0) is 6.42 Å². The quantitative estimate of drug-likeness (QED) is 0.830. The number of hydrogen-bond donors (Lipinski definition) is 0. The summed E-state index contributed by atoms with van der Waals surface area (Å²) in [5, 5.41) is 0. The summed E-state index contributed by atoms with van der Waals surface area (Å²) in [6, 6.07) is 18.9. The Balaban J connectivity index is 1.33. The van der Waals surface area contributed by atoms with Gasteiger partial charge in [0.25, 0.3) is 0 Å². The van der Waals surface area contributed by atoms with Crippen LogP contribution in [0.2, 0.25) is 0 Å². The minimum absolute atomic E-state index is 0.521. The van der Waals surface area contributed by atoms with Crippen LogP contribution in [0.25, 0.3) is 0 Å². The van der Waals surface area contributed by atoms with Gasteiger partial charge in [-0.15, -0.1) is 0 Å². The summed E-state index contributed by atoms with van der Waals surface area (Å²) in [5.41, 5.74) is 3.70. The topological polar surface area (TPSA) is 6.48 Å². The van der Waals surface area contributed by atoms with Gasteiger partial charge in [-0.3, -0.25) is 4.90 Å². The zero-order valence-electron chi connectivity index (χ0n) is 14.1. The summed E-state index contributed by atoms with van der Waals surface area (Å²) >= 11 is 0. The molecule has 2 aromatic carbocycles. The maximum Gasteiger partial charge on any atom is 0.138 e. The molecule has 0 N–H and O–H groups in total. The fraction of sp³-hybridized carbons (Fsp3) is 0.429. The molecule has 1 atom stereocenters. The van der Waals surface area contributed by atoms with Crippen molar-refractivity contribution in [3.05, 3.63) is 65.7 Å². The minimum Gasteiger partial charge on any atom is -0.368 e. The second kappa shape index (κ2) is 6.94. The zero-order valence-corrected chi connectivity index (χ0v) is 14.1. The van der Waals surface area contributed by atoms with Gasteiger partial charge in [0.1, 0.15) is 6.17 Å². The number of alkyl halides is 1. The molecule has 2 heterocycles. The van der Waals surface area contributed by atoms with Crippen LogP contribution >= 0.6 is 0 Å². The normalized spacial score (nSPS) is 20.1. The van der Waals surface area contributed by atoms with E-state index in [0.717, 1.165) is 44.5 Å². The van der Waals surface area contributed by atoms with Crippen LogP contribution in [0.4, 0.5) is 10.1 Å². The molecule has 0 spiro atoms. The number of para-hydroxylation sites is 1. The van der Waals surface area contributed by atoms with Crippen molar-refractivity contribution in [2.24, 2.45) is 0 Å². The number of likely N-dealkylation sites (tertiary alicyclic amines) is 1. The summed E-state index contributed by atoms with van der Waals surface area (Å²) in [7, 11) is 0. The van der Waals surface area contributed by atoms with Gasteiger partial charge < -0.3 is 4.90 Å². The van der Waals surface area contributed by atoms with E-state index in [1.165, 1.54) is 11.3 Å². The van der Waals surface area contributed by atoms with Crippen molar-refractivity contribution in [1.29, 1.82) is 0 Å². The Morgan fingerprint density at radius 2 is 1.62 bits per heavy atom. The highest BCUT2D eigenvalue weighted by molar-refractivity contribution is 5.58. The maximum atomic E-state index is 14.5. The Morgan fingerprint density at radius 3 is 2.42 bits per heavy atom. The van der Waals surface area contributed by atoms with Gasteiger partial charge >= 0.3 is 0 Å². The molecule has 0 amide bonds. The van der Waals surface area contributed by atoms with Crippen molar-refractivity contribution in [2.45, 2.75) is 31.5 Å². The first-order valence-electron chi connectivity index (χ1n) is 9.07. The van der Waals surface area contributed by atoms with Crippen LogP contribution in [0.1, 0.15) is 30.1 Å². The van der Waals surface area contributed by atoms with E-state index < -0.39 is 6.17 Å². The highest BCUT2D eigenvalue weighted by Crippen LogP contribution is 2.32. The van der Waals surface area contributed by atoms with E-state index >= 15 is 0 Å². The summed E-state index contributed by atoms with van der Waals surface area (Å²) < 4.78 is 14.5. The molecule has 3 heteroatoms. The second-order valence-corrected chi connectivity index (χ2v) is 6.98. The number of anilines is 1. The number of rotatable bonds is 4. The predicted molar refractivity (Wildman–Crippen MR) is 97.2 cm³/mol. The van der Waals surface area contributed by atoms with E-state index in [-0.39, 0.29) is 0 Å². The number of benzene rings is 2. The monoisotopic (exact) mass is 324 g/mol. The molecule has 1 saturated heterocycles. The molecule has 24 heavy (non-hydrogen) atoms. The van der Waals surface area contributed by atoms with E-state index in [4.69, 9.17) is 0 Å². The van der Waals surface area contributed by atoms with Gasteiger partial charge in [0.15, 0.2) is 0 Å². The van der Waals surface area contributed by atoms with Crippen molar-refractivity contribution in [1.82, 2.24) is 4.90 Å². The van der Waals surface area contributed by atoms with Crippen molar-refractivity contribution < 1.29 is 4.39 Å². The molecule has 2 aliphatic rings. The largest absolute Gasteiger partial charge is 0.368 e. The highest BCUT2D eigenvalue weighted by atomic mass is 19.1. The fourth-order valence-corrected chi connectivity index (χ4v) is 4.15. The third-order valence-corrected chi connectivity index (χ3v) is 5.50. The van der Waals surface area contributed by atoms with Crippen LogP contribution in [0.15, 0.2) is 54.6 Å². The molecule has 0 radical (unpaired) electrons. The van der Waals surface area contributed by atoms with E-state index in [0.29, 0.717) is 12.6 Å². The van der Waals surface area contributed by atoms with Gasteiger partial charge in [0.05, 0.1) is 0 Å². The summed E-state index contributed by atoms with van der Waals surface area (Å²) in [5.74, 6) is 0. The maximum absolute atomic E-state index is 14.5. The molecule has 1 unspecified atom stereocenters. The Morgan fingerprint density at radius 1 is 0.917 bits per heavy atom. The summed E-state index contributed by atoms with van der Waals surface area (Å²) in [6.45, 7) is 3.65. The average Bonchev–Trinajstić information content (AvgIpc) is 3.07. The van der Waals surface area contributed by atoms with Gasteiger partial charge in [-0.25, -0.2) is 4.39 Å². The Labute approximate surface area is 143 Å². The number of piperidine rings is 1. The van der Waals surface area contributed by atoms with Gasteiger partial charge in [0.2, 0.25) is 0 Å². The van der Waals surface area contributed by atoms with Crippen molar-refractivity contribution in [3.63, 3.8) is 0 Å². The average molecular weight is 324 g/mol. The first-order chi connectivity index (χ1) is 11.8. The lowest BCUT2D eigenvalue weighted by Crippen LogP contribution is -2.45. The fourth-order valence-electron chi connectivity index (χ4n) is 4.15. The highest BCUT2D eigenvalue weighted by Gasteiger charge is 2.29. The predicted octanol–water partition coefficient (Wildman–Crippen LogP) is 4.22. The van der Waals surface area contributed by atoms with Gasteiger partial charge in [0, 0.05) is 37.9 Å². The lowest BCUT2D eigenvalue weighted by molar-refractivity contribution is 0.157. The van der Waals surface area contributed by atoms with E-state index in [1.807, 2.05) is 30.3 Å². The van der Waals surface area contributed by atoms with Gasteiger partial charge in [-0.05, 0) is 36.5 Å². The molecule has 0 aromatic heterocycles. The summed E-state index contributed by atoms with van der Waals surface area (Å²) in [4.78, 5) is 4.87. The number of hydrogen-bond acceptors (Lipinski definition) is 2. The van der Waals surface area contributed by atoms with Crippen LogP contribution < -0.4 is 4.90 Å².